The van der Waals surface area contributed by atoms with Crippen molar-refractivity contribution in [1.29, 1.82) is 0 Å². The van der Waals surface area contributed by atoms with E-state index in [0.717, 1.165) is 0 Å². The molecule has 1 aromatic carbocycles. The number of benzene rings is 1. The summed E-state index contributed by atoms with van der Waals surface area (Å²) in [5.41, 5.74) is 0.695. The van der Waals surface area contributed by atoms with Crippen LogP contribution in [0.4, 0.5) is 0 Å². The van der Waals surface area contributed by atoms with Crippen molar-refractivity contribution >= 4 is 40.2 Å². The first-order valence-electron chi connectivity index (χ1n) is 2.48. The number of rotatable bonds is 0. The zero-order chi connectivity index (χ0) is 6.85. The summed E-state index contributed by atoms with van der Waals surface area (Å²) < 4.78 is 0. The third-order valence-corrected chi connectivity index (χ3v) is 1.77. The van der Waals surface area contributed by atoms with Gasteiger partial charge < -0.3 is 0 Å². The van der Waals surface area contributed by atoms with E-state index in [1.54, 1.807) is 18.2 Å². The van der Waals surface area contributed by atoms with Gasteiger partial charge >= 0.3 is 0 Å². The van der Waals surface area contributed by atoms with E-state index in [4.69, 9.17) is 23.2 Å². The van der Waals surface area contributed by atoms with E-state index in [-0.39, 0.29) is 36.5 Å². The van der Waals surface area contributed by atoms with Crippen LogP contribution in [-0.2, 0) is 19.5 Å². The van der Waals surface area contributed by atoms with Crippen molar-refractivity contribution in [3.8, 4) is 0 Å². The van der Waals surface area contributed by atoms with Crippen molar-refractivity contribution in [1.82, 2.24) is 0 Å². The minimum atomic E-state index is 0. The van der Waals surface area contributed by atoms with Crippen LogP contribution in [-0.4, -0.2) is 0 Å². The van der Waals surface area contributed by atoms with Crippen molar-refractivity contribution in [2.45, 2.75) is 0 Å². The van der Waals surface area contributed by atoms with E-state index >= 15 is 0 Å². The van der Waals surface area contributed by atoms with Crippen molar-refractivity contribution in [2.24, 2.45) is 0 Å². The zero-order valence-corrected chi connectivity index (χ0v) is 12.0. The van der Waals surface area contributed by atoms with Gasteiger partial charge in [-0.25, -0.2) is 0 Å². The SMILES string of the molecule is Br.[CH2-]c1c(Cl)cccc1Cl.[Zn]. The monoisotopic (exact) mass is 303 g/mol. The fourth-order valence-electron chi connectivity index (χ4n) is 0.532. The second kappa shape index (κ2) is 6.31. The summed E-state index contributed by atoms with van der Waals surface area (Å²) in [4.78, 5) is 0. The molecule has 0 atom stereocenters. The van der Waals surface area contributed by atoms with E-state index in [0.29, 0.717) is 15.6 Å². The molecular formula is C7H6BrCl2Zn-. The van der Waals surface area contributed by atoms with Crippen molar-refractivity contribution in [3.05, 3.63) is 40.7 Å². The molecule has 0 saturated heterocycles. The average molecular weight is 306 g/mol. The summed E-state index contributed by atoms with van der Waals surface area (Å²) in [6.45, 7) is 3.66. The Kier molecular flexibility index (Phi) is 8.20. The molecule has 0 fully saturated rings. The van der Waals surface area contributed by atoms with Gasteiger partial charge in [0.1, 0.15) is 0 Å². The number of hydrogen-bond acceptors (Lipinski definition) is 0. The number of halogens is 3. The molecule has 0 amide bonds. The van der Waals surface area contributed by atoms with Gasteiger partial charge in [-0.3, -0.25) is 0 Å². The van der Waals surface area contributed by atoms with Crippen molar-refractivity contribution < 1.29 is 19.5 Å². The Morgan fingerprint density at radius 1 is 1.09 bits per heavy atom. The zero-order valence-electron chi connectivity index (χ0n) is 5.81. The van der Waals surface area contributed by atoms with Gasteiger partial charge in [0.15, 0.2) is 0 Å². The summed E-state index contributed by atoms with van der Waals surface area (Å²) in [5.74, 6) is 0. The van der Waals surface area contributed by atoms with Crippen LogP contribution in [0.5, 0.6) is 0 Å². The maximum absolute atomic E-state index is 5.67. The number of hydrogen-bond donors (Lipinski definition) is 0. The van der Waals surface area contributed by atoms with E-state index < -0.39 is 0 Å². The third-order valence-electron chi connectivity index (χ3n) is 1.06. The van der Waals surface area contributed by atoms with Gasteiger partial charge in [0.05, 0.1) is 0 Å². The van der Waals surface area contributed by atoms with Gasteiger partial charge in [-0.1, -0.05) is 16.1 Å². The van der Waals surface area contributed by atoms with Gasteiger partial charge in [-0.2, -0.15) is 35.7 Å². The largest absolute Gasteiger partial charge is 0.196 e. The smallest absolute Gasteiger partial charge is 0 e. The standard InChI is InChI=1S/C7H5Cl2.BrH.Zn/c1-5-6(8)3-2-4-7(5)9;;/h2-4H,1H2;1H;/q-1;;. The normalized spacial score (nSPS) is 7.82. The van der Waals surface area contributed by atoms with Gasteiger partial charge in [0.25, 0.3) is 0 Å². The topological polar surface area (TPSA) is 0 Å². The average Bonchev–Trinajstić information content (AvgIpc) is 1.83. The van der Waals surface area contributed by atoms with Crippen LogP contribution in [0.15, 0.2) is 18.2 Å². The minimum absolute atomic E-state index is 0. The molecule has 1 aromatic rings. The molecule has 1 rings (SSSR count). The summed E-state index contributed by atoms with van der Waals surface area (Å²) >= 11 is 11.3. The van der Waals surface area contributed by atoms with Crippen molar-refractivity contribution in [3.63, 3.8) is 0 Å². The van der Waals surface area contributed by atoms with Crippen LogP contribution in [0.2, 0.25) is 10.0 Å². The maximum atomic E-state index is 5.67. The molecule has 0 unspecified atom stereocenters. The molecule has 0 N–H and O–H groups in total. The predicted molar refractivity (Wildman–Crippen MR) is 51.2 cm³/mol. The first-order chi connectivity index (χ1) is 4.22. The van der Waals surface area contributed by atoms with E-state index in [2.05, 4.69) is 6.92 Å². The molecule has 0 spiro atoms. The predicted octanol–water partition coefficient (Wildman–Crippen LogP) is 3.75. The van der Waals surface area contributed by atoms with E-state index in [9.17, 15) is 0 Å². The molecule has 0 radical (unpaired) electrons. The molecule has 0 nitrogen and oxygen atoms in total. The molecule has 0 heterocycles. The Morgan fingerprint density at radius 2 is 1.45 bits per heavy atom. The summed E-state index contributed by atoms with van der Waals surface area (Å²) in [6.07, 6.45) is 0. The van der Waals surface area contributed by atoms with Gasteiger partial charge in [0.2, 0.25) is 0 Å². The Labute approximate surface area is 99.8 Å². The quantitative estimate of drug-likeness (QED) is 0.506. The summed E-state index contributed by atoms with van der Waals surface area (Å²) in [7, 11) is 0. The van der Waals surface area contributed by atoms with Crippen LogP contribution in [0.25, 0.3) is 0 Å². The van der Waals surface area contributed by atoms with E-state index in [1.165, 1.54) is 0 Å². The summed E-state index contributed by atoms with van der Waals surface area (Å²) in [5, 5.41) is 1.23. The third kappa shape index (κ3) is 3.80. The molecule has 11 heavy (non-hydrogen) atoms. The van der Waals surface area contributed by atoms with Gasteiger partial charge in [-0.05, 0) is 0 Å². The van der Waals surface area contributed by atoms with Crippen LogP contribution in [0, 0.1) is 6.92 Å². The molecule has 0 aliphatic rings. The van der Waals surface area contributed by atoms with E-state index in [1.807, 2.05) is 0 Å². The van der Waals surface area contributed by atoms with Crippen molar-refractivity contribution in [2.75, 3.05) is 0 Å². The van der Waals surface area contributed by atoms with Gasteiger partial charge in [-0.15, -0.1) is 29.1 Å². The molecule has 0 saturated carbocycles. The second-order valence-electron chi connectivity index (χ2n) is 1.70. The molecule has 0 aromatic heterocycles. The maximum Gasteiger partial charge on any atom is 0 e. The molecule has 0 aliphatic carbocycles. The van der Waals surface area contributed by atoms with Crippen LogP contribution < -0.4 is 0 Å². The fraction of sp³-hybridized carbons (Fsp3) is 0. The van der Waals surface area contributed by atoms with Crippen LogP contribution in [0.1, 0.15) is 5.56 Å². The van der Waals surface area contributed by atoms with Crippen LogP contribution in [0.3, 0.4) is 0 Å². The Hall–Kier alpha value is 0.773. The Balaban J connectivity index is 0. The molecule has 58 valence electrons. The Morgan fingerprint density at radius 3 is 1.73 bits per heavy atom. The second-order valence-corrected chi connectivity index (χ2v) is 2.51. The molecule has 0 bridgehead atoms. The first-order valence-corrected chi connectivity index (χ1v) is 3.23. The minimum Gasteiger partial charge on any atom is -0.196 e. The fourth-order valence-corrected chi connectivity index (χ4v) is 0.930. The molecule has 0 aliphatic heterocycles. The first kappa shape index (κ1) is 14.3. The molecular weight excluding hydrogens is 300 g/mol. The van der Waals surface area contributed by atoms with Gasteiger partial charge in [0, 0.05) is 19.5 Å². The molecule has 4 heteroatoms. The summed E-state index contributed by atoms with van der Waals surface area (Å²) in [6, 6.07) is 5.31. The Bertz CT molecular complexity index is 207. The van der Waals surface area contributed by atoms with Crippen LogP contribution >= 0.6 is 40.2 Å².